The summed E-state index contributed by atoms with van der Waals surface area (Å²) in [6.07, 6.45) is 3.32. The van der Waals surface area contributed by atoms with Crippen LogP contribution in [0.2, 0.25) is 0 Å². The predicted octanol–water partition coefficient (Wildman–Crippen LogP) is 1.72. The summed E-state index contributed by atoms with van der Waals surface area (Å²) < 4.78 is 5.66. The molecule has 1 fully saturated rings. The second-order valence-corrected chi connectivity index (χ2v) is 4.58. The van der Waals surface area contributed by atoms with Gasteiger partial charge in [-0.25, -0.2) is 0 Å². The van der Waals surface area contributed by atoms with Crippen molar-refractivity contribution in [1.29, 1.82) is 0 Å². The van der Waals surface area contributed by atoms with Gasteiger partial charge in [0.1, 0.15) is 0 Å². The van der Waals surface area contributed by atoms with Crippen LogP contribution in [0.4, 0.5) is 5.69 Å². The molecule has 2 N–H and O–H groups in total. The predicted molar refractivity (Wildman–Crippen MR) is 69.1 cm³/mol. The molecule has 2 rings (SSSR count). The van der Waals surface area contributed by atoms with E-state index in [0.29, 0.717) is 6.10 Å². The second-order valence-electron chi connectivity index (χ2n) is 4.58. The molecule has 0 saturated carbocycles. The van der Waals surface area contributed by atoms with Gasteiger partial charge in [-0.1, -0.05) is 6.92 Å². The van der Waals surface area contributed by atoms with E-state index < -0.39 is 0 Å². The van der Waals surface area contributed by atoms with Crippen LogP contribution < -0.4 is 10.6 Å². The first kappa shape index (κ1) is 12.3. The van der Waals surface area contributed by atoms with Crippen molar-refractivity contribution < 1.29 is 4.74 Å². The Bertz CT molecular complexity index is 350. The lowest BCUT2D eigenvalue weighted by molar-refractivity contribution is 0.0384. The van der Waals surface area contributed by atoms with Gasteiger partial charge in [0.15, 0.2) is 0 Å². The number of morpholine rings is 1. The summed E-state index contributed by atoms with van der Waals surface area (Å²) in [5.74, 6) is 0. The molecule has 1 saturated heterocycles. The summed E-state index contributed by atoms with van der Waals surface area (Å²) in [4.78, 5) is 6.73. The number of ether oxygens (including phenoxy) is 1. The molecule has 2 unspecified atom stereocenters. The Hall–Kier alpha value is -1.13. The van der Waals surface area contributed by atoms with Crippen molar-refractivity contribution in [2.75, 3.05) is 24.6 Å². The van der Waals surface area contributed by atoms with Crippen molar-refractivity contribution in [2.24, 2.45) is 5.73 Å². The van der Waals surface area contributed by atoms with Gasteiger partial charge >= 0.3 is 0 Å². The van der Waals surface area contributed by atoms with E-state index in [4.69, 9.17) is 10.5 Å². The number of aromatic nitrogens is 1. The van der Waals surface area contributed by atoms with Crippen LogP contribution in [-0.4, -0.2) is 30.8 Å². The van der Waals surface area contributed by atoms with E-state index in [9.17, 15) is 0 Å². The Morgan fingerprint density at radius 3 is 3.00 bits per heavy atom. The highest BCUT2D eigenvalue weighted by atomic mass is 16.5. The van der Waals surface area contributed by atoms with E-state index >= 15 is 0 Å². The van der Waals surface area contributed by atoms with Gasteiger partial charge in [-0.15, -0.1) is 0 Å². The smallest absolute Gasteiger partial charge is 0.0748 e. The molecule has 2 heterocycles. The average Bonchev–Trinajstić information content (AvgIpc) is 2.39. The van der Waals surface area contributed by atoms with Crippen molar-refractivity contribution in [3.63, 3.8) is 0 Å². The van der Waals surface area contributed by atoms with E-state index in [-0.39, 0.29) is 6.04 Å². The van der Waals surface area contributed by atoms with Crippen LogP contribution in [0.15, 0.2) is 18.3 Å². The van der Waals surface area contributed by atoms with Gasteiger partial charge < -0.3 is 15.4 Å². The molecular formula is C13H21N3O. The second kappa shape index (κ2) is 5.47. The third-order valence-corrected chi connectivity index (χ3v) is 3.20. The monoisotopic (exact) mass is 235 g/mol. The third kappa shape index (κ3) is 2.96. The number of rotatable bonds is 3. The minimum Gasteiger partial charge on any atom is -0.375 e. The van der Waals surface area contributed by atoms with Crippen LogP contribution in [0, 0.1) is 0 Å². The Balaban J connectivity index is 2.06. The molecule has 0 bridgehead atoms. The van der Waals surface area contributed by atoms with Crippen molar-refractivity contribution in [1.82, 2.24) is 4.98 Å². The van der Waals surface area contributed by atoms with Crippen LogP contribution in [0.25, 0.3) is 0 Å². The van der Waals surface area contributed by atoms with Gasteiger partial charge in [0.2, 0.25) is 0 Å². The fourth-order valence-corrected chi connectivity index (χ4v) is 2.05. The van der Waals surface area contributed by atoms with E-state index in [1.807, 2.05) is 19.2 Å². The van der Waals surface area contributed by atoms with E-state index in [1.165, 1.54) is 0 Å². The standard InChI is InChI=1S/C13H21N3O/c1-3-12-9-16(6-7-17-12)11-4-5-13(10(2)14)15-8-11/h4-5,8,10,12H,3,6-7,9,14H2,1-2H3. The zero-order valence-corrected chi connectivity index (χ0v) is 10.6. The highest BCUT2D eigenvalue weighted by Gasteiger charge is 2.19. The van der Waals surface area contributed by atoms with Gasteiger partial charge in [0, 0.05) is 19.1 Å². The highest BCUT2D eigenvalue weighted by Crippen LogP contribution is 2.19. The van der Waals surface area contributed by atoms with Crippen molar-refractivity contribution in [3.05, 3.63) is 24.0 Å². The first-order valence-electron chi connectivity index (χ1n) is 6.28. The summed E-state index contributed by atoms with van der Waals surface area (Å²) in [6.45, 7) is 6.80. The van der Waals surface area contributed by atoms with Gasteiger partial charge in [-0.3, -0.25) is 4.98 Å². The van der Waals surface area contributed by atoms with Crippen molar-refractivity contribution >= 4 is 5.69 Å². The van der Waals surface area contributed by atoms with E-state index in [0.717, 1.165) is 37.5 Å². The number of hydrogen-bond donors (Lipinski definition) is 1. The number of nitrogens with two attached hydrogens (primary N) is 1. The zero-order valence-electron chi connectivity index (χ0n) is 10.6. The molecule has 0 aliphatic carbocycles. The quantitative estimate of drug-likeness (QED) is 0.866. The topological polar surface area (TPSA) is 51.4 Å². The summed E-state index contributed by atoms with van der Waals surface area (Å²) in [5.41, 5.74) is 7.89. The Morgan fingerprint density at radius 1 is 1.59 bits per heavy atom. The van der Waals surface area contributed by atoms with Gasteiger partial charge in [0.05, 0.1) is 30.3 Å². The molecule has 2 atom stereocenters. The van der Waals surface area contributed by atoms with Crippen LogP contribution in [-0.2, 0) is 4.74 Å². The van der Waals surface area contributed by atoms with Gasteiger partial charge in [-0.2, -0.15) is 0 Å². The zero-order chi connectivity index (χ0) is 12.3. The molecule has 1 aliphatic heterocycles. The molecule has 94 valence electrons. The number of hydrogen-bond acceptors (Lipinski definition) is 4. The lowest BCUT2D eigenvalue weighted by Gasteiger charge is -2.34. The van der Waals surface area contributed by atoms with Crippen LogP contribution in [0.1, 0.15) is 32.0 Å². The normalized spacial score (nSPS) is 22.5. The van der Waals surface area contributed by atoms with Crippen molar-refractivity contribution in [3.8, 4) is 0 Å². The fourth-order valence-electron chi connectivity index (χ4n) is 2.05. The SMILES string of the molecule is CCC1CN(c2ccc(C(C)N)nc2)CCO1. The first-order chi connectivity index (χ1) is 8.20. The highest BCUT2D eigenvalue weighted by molar-refractivity contribution is 5.45. The van der Waals surface area contributed by atoms with Crippen LogP contribution in [0.5, 0.6) is 0 Å². The molecule has 0 aromatic carbocycles. The number of nitrogens with zero attached hydrogens (tertiary/aromatic N) is 2. The molecule has 1 aromatic rings. The molecule has 4 nitrogen and oxygen atoms in total. The Kier molecular flexibility index (Phi) is 3.97. The summed E-state index contributed by atoms with van der Waals surface area (Å²) in [5, 5.41) is 0. The lowest BCUT2D eigenvalue weighted by atomic mass is 10.2. The molecule has 4 heteroatoms. The lowest BCUT2D eigenvalue weighted by Crippen LogP contribution is -2.42. The maximum Gasteiger partial charge on any atom is 0.0748 e. The average molecular weight is 235 g/mol. The molecule has 0 spiro atoms. The third-order valence-electron chi connectivity index (χ3n) is 3.20. The van der Waals surface area contributed by atoms with Crippen LogP contribution >= 0.6 is 0 Å². The Morgan fingerprint density at radius 2 is 2.41 bits per heavy atom. The Labute approximate surface area is 103 Å². The minimum absolute atomic E-state index is 0.00266. The number of anilines is 1. The molecule has 1 aliphatic rings. The van der Waals surface area contributed by atoms with Crippen LogP contribution in [0.3, 0.4) is 0 Å². The maximum absolute atomic E-state index is 5.79. The molecular weight excluding hydrogens is 214 g/mol. The summed E-state index contributed by atoms with van der Waals surface area (Å²) in [7, 11) is 0. The van der Waals surface area contributed by atoms with E-state index in [2.05, 4.69) is 22.9 Å². The molecule has 1 aromatic heterocycles. The van der Waals surface area contributed by atoms with E-state index in [1.54, 1.807) is 0 Å². The minimum atomic E-state index is -0.00266. The van der Waals surface area contributed by atoms with Gasteiger partial charge in [-0.05, 0) is 25.5 Å². The molecule has 17 heavy (non-hydrogen) atoms. The molecule has 0 amide bonds. The summed E-state index contributed by atoms with van der Waals surface area (Å²) in [6, 6.07) is 4.11. The molecule has 0 radical (unpaired) electrons. The maximum atomic E-state index is 5.79. The summed E-state index contributed by atoms with van der Waals surface area (Å²) >= 11 is 0. The number of pyridine rings is 1. The largest absolute Gasteiger partial charge is 0.375 e. The fraction of sp³-hybridized carbons (Fsp3) is 0.615. The van der Waals surface area contributed by atoms with Crippen molar-refractivity contribution in [2.45, 2.75) is 32.4 Å². The van der Waals surface area contributed by atoms with Gasteiger partial charge in [0.25, 0.3) is 0 Å². The first-order valence-corrected chi connectivity index (χ1v) is 6.28.